The average molecular weight is 431 g/mol. The second kappa shape index (κ2) is 11.1. The van der Waals surface area contributed by atoms with E-state index in [1.165, 1.54) is 0 Å². The number of nitrogens with zero attached hydrogens (tertiary/aromatic N) is 2. The third-order valence-corrected chi connectivity index (χ3v) is 6.41. The lowest BCUT2D eigenvalue weighted by Crippen LogP contribution is -2.47. The van der Waals surface area contributed by atoms with Gasteiger partial charge in [-0.3, -0.25) is 9.59 Å². The molecule has 2 unspecified atom stereocenters. The number of thioether (sulfide) groups is 1. The number of halogens is 1. The Kier molecular flexibility index (Phi) is 9.11. The van der Waals surface area contributed by atoms with Gasteiger partial charge in [0.15, 0.2) is 0 Å². The molecule has 2 fully saturated rings. The van der Waals surface area contributed by atoms with Gasteiger partial charge in [0.1, 0.15) is 5.76 Å². The van der Waals surface area contributed by atoms with E-state index in [1.807, 2.05) is 18.7 Å². The number of aryl methyl sites for hydroxylation is 2. The Labute approximate surface area is 177 Å². The van der Waals surface area contributed by atoms with Crippen molar-refractivity contribution in [3.8, 4) is 0 Å². The molecule has 1 aromatic rings. The first-order valence-electron chi connectivity index (χ1n) is 9.83. The van der Waals surface area contributed by atoms with Crippen LogP contribution in [0.1, 0.15) is 42.7 Å². The zero-order valence-corrected chi connectivity index (χ0v) is 18.3. The van der Waals surface area contributed by atoms with Crippen LogP contribution in [0.4, 0.5) is 0 Å². The Morgan fingerprint density at radius 1 is 1.32 bits per heavy atom. The van der Waals surface area contributed by atoms with Crippen molar-refractivity contribution in [1.82, 2.24) is 20.7 Å². The summed E-state index contributed by atoms with van der Waals surface area (Å²) in [6, 6.07) is -0.0351. The fourth-order valence-corrected chi connectivity index (χ4v) is 4.85. The molecule has 158 valence electrons. The molecule has 28 heavy (non-hydrogen) atoms. The largest absolute Gasteiger partial charge is 0.361 e. The van der Waals surface area contributed by atoms with Gasteiger partial charge in [0, 0.05) is 31.0 Å². The summed E-state index contributed by atoms with van der Waals surface area (Å²) in [5, 5.41) is 10.2. The first-order valence-corrected chi connectivity index (χ1v) is 11.0. The van der Waals surface area contributed by atoms with Crippen LogP contribution >= 0.6 is 24.2 Å². The van der Waals surface area contributed by atoms with Gasteiger partial charge in [-0.2, -0.15) is 0 Å². The molecule has 3 rings (SSSR count). The molecule has 2 saturated heterocycles. The minimum absolute atomic E-state index is 0. The molecule has 0 aliphatic carbocycles. The molecule has 1 aromatic heterocycles. The van der Waals surface area contributed by atoms with Crippen LogP contribution in [0.25, 0.3) is 0 Å². The molecule has 2 N–H and O–H groups in total. The Hall–Kier alpha value is -1.25. The fraction of sp³-hybridized carbons (Fsp3) is 0.737. The van der Waals surface area contributed by atoms with Crippen molar-refractivity contribution in [2.75, 3.05) is 31.9 Å². The molecule has 0 saturated carbocycles. The summed E-state index contributed by atoms with van der Waals surface area (Å²) < 4.78 is 5.17. The standard InChI is InChI=1S/C19H30N4O3S.ClH/c1-13-16(14(2)26-22-13)11-27-12-18(24)23-8-4-5-15(10-23)9-21-19(25)17-6-3-7-20-17;/h15,17,20H,3-12H2,1-2H3,(H,21,25);1H. The molecule has 0 spiro atoms. The molecule has 2 aliphatic rings. The van der Waals surface area contributed by atoms with E-state index in [4.69, 9.17) is 4.52 Å². The molecule has 7 nitrogen and oxygen atoms in total. The van der Waals surface area contributed by atoms with E-state index in [-0.39, 0.29) is 30.3 Å². The number of likely N-dealkylation sites (tertiary alicyclic amines) is 1. The number of aromatic nitrogens is 1. The van der Waals surface area contributed by atoms with E-state index in [0.717, 1.165) is 68.1 Å². The molecule has 0 radical (unpaired) electrons. The van der Waals surface area contributed by atoms with Gasteiger partial charge in [0.25, 0.3) is 0 Å². The highest BCUT2D eigenvalue weighted by Gasteiger charge is 2.26. The summed E-state index contributed by atoms with van der Waals surface area (Å²) in [6.07, 6.45) is 4.05. The Balaban J connectivity index is 0.00000280. The second-order valence-electron chi connectivity index (χ2n) is 7.54. The smallest absolute Gasteiger partial charge is 0.237 e. The molecule has 0 aromatic carbocycles. The molecule has 9 heteroatoms. The lowest BCUT2D eigenvalue weighted by Gasteiger charge is -2.33. The number of amides is 2. The summed E-state index contributed by atoms with van der Waals surface area (Å²) in [5.41, 5.74) is 1.99. The number of rotatable bonds is 7. The lowest BCUT2D eigenvalue weighted by molar-refractivity contribution is -0.130. The van der Waals surface area contributed by atoms with E-state index in [0.29, 0.717) is 18.2 Å². The number of carbonyl (C=O) groups is 2. The van der Waals surface area contributed by atoms with Gasteiger partial charge in [-0.1, -0.05) is 5.16 Å². The summed E-state index contributed by atoms with van der Waals surface area (Å²) in [5.74, 6) is 2.67. The predicted octanol–water partition coefficient (Wildman–Crippen LogP) is 2.05. The first-order chi connectivity index (χ1) is 13.0. The summed E-state index contributed by atoms with van der Waals surface area (Å²) >= 11 is 1.61. The van der Waals surface area contributed by atoms with Crippen LogP contribution in [0.2, 0.25) is 0 Å². The topological polar surface area (TPSA) is 87.5 Å². The van der Waals surface area contributed by atoms with Gasteiger partial charge in [-0.15, -0.1) is 24.2 Å². The minimum atomic E-state index is -0.0351. The van der Waals surface area contributed by atoms with Crippen LogP contribution in [-0.4, -0.2) is 59.8 Å². The highest BCUT2D eigenvalue weighted by atomic mass is 35.5. The van der Waals surface area contributed by atoms with Crippen molar-refractivity contribution in [2.24, 2.45) is 5.92 Å². The van der Waals surface area contributed by atoms with E-state index >= 15 is 0 Å². The maximum Gasteiger partial charge on any atom is 0.237 e. The van der Waals surface area contributed by atoms with Crippen molar-refractivity contribution in [1.29, 1.82) is 0 Å². The van der Waals surface area contributed by atoms with Crippen molar-refractivity contribution in [2.45, 2.75) is 51.3 Å². The van der Waals surface area contributed by atoms with Crippen molar-refractivity contribution in [3.63, 3.8) is 0 Å². The molecular formula is C19H31ClN4O3S. The van der Waals surface area contributed by atoms with Crippen molar-refractivity contribution >= 4 is 36.0 Å². The number of hydrogen-bond donors (Lipinski definition) is 2. The van der Waals surface area contributed by atoms with Crippen LogP contribution in [0.15, 0.2) is 4.52 Å². The quantitative estimate of drug-likeness (QED) is 0.688. The molecule has 0 bridgehead atoms. The second-order valence-corrected chi connectivity index (χ2v) is 8.52. The van der Waals surface area contributed by atoms with Crippen LogP contribution < -0.4 is 10.6 Å². The third-order valence-electron chi connectivity index (χ3n) is 5.47. The van der Waals surface area contributed by atoms with Gasteiger partial charge in [-0.25, -0.2) is 0 Å². The van der Waals surface area contributed by atoms with Gasteiger partial charge < -0.3 is 20.1 Å². The summed E-state index contributed by atoms with van der Waals surface area (Å²) in [4.78, 5) is 26.7. The summed E-state index contributed by atoms with van der Waals surface area (Å²) in [7, 11) is 0. The zero-order chi connectivity index (χ0) is 19.2. The third kappa shape index (κ3) is 6.12. The number of hydrogen-bond acceptors (Lipinski definition) is 6. The van der Waals surface area contributed by atoms with Crippen LogP contribution in [0.3, 0.4) is 0 Å². The van der Waals surface area contributed by atoms with Gasteiger partial charge in [-0.05, 0) is 52.0 Å². The Bertz CT molecular complexity index is 644. The summed E-state index contributed by atoms with van der Waals surface area (Å²) in [6.45, 7) is 6.98. The molecule has 3 heterocycles. The predicted molar refractivity (Wildman–Crippen MR) is 113 cm³/mol. The average Bonchev–Trinajstić information content (AvgIpc) is 3.32. The molecule has 2 amide bonds. The number of carbonyl (C=O) groups excluding carboxylic acids is 2. The van der Waals surface area contributed by atoms with E-state index in [9.17, 15) is 9.59 Å². The zero-order valence-electron chi connectivity index (χ0n) is 16.7. The molecule has 2 atom stereocenters. The van der Waals surface area contributed by atoms with E-state index in [1.54, 1.807) is 11.8 Å². The monoisotopic (exact) mass is 430 g/mol. The van der Waals surface area contributed by atoms with Gasteiger partial charge in [0.2, 0.25) is 11.8 Å². The molecular weight excluding hydrogens is 400 g/mol. The Morgan fingerprint density at radius 2 is 2.14 bits per heavy atom. The highest BCUT2D eigenvalue weighted by Crippen LogP contribution is 2.21. The normalized spacial score (nSPS) is 22.0. The SMILES string of the molecule is Cc1noc(C)c1CSCC(=O)N1CCCC(CNC(=O)C2CCCN2)C1.Cl. The van der Waals surface area contributed by atoms with Crippen LogP contribution in [0.5, 0.6) is 0 Å². The molecule has 2 aliphatic heterocycles. The van der Waals surface area contributed by atoms with Crippen LogP contribution in [-0.2, 0) is 15.3 Å². The Morgan fingerprint density at radius 3 is 2.82 bits per heavy atom. The number of piperidine rings is 1. The van der Waals surface area contributed by atoms with E-state index < -0.39 is 0 Å². The van der Waals surface area contributed by atoms with Gasteiger partial charge >= 0.3 is 0 Å². The fourth-order valence-electron chi connectivity index (χ4n) is 3.77. The lowest BCUT2D eigenvalue weighted by atomic mass is 9.98. The maximum absolute atomic E-state index is 12.6. The van der Waals surface area contributed by atoms with Crippen molar-refractivity contribution < 1.29 is 14.1 Å². The maximum atomic E-state index is 12.6. The van der Waals surface area contributed by atoms with Gasteiger partial charge in [0.05, 0.1) is 17.5 Å². The first kappa shape index (κ1) is 23.0. The van der Waals surface area contributed by atoms with Crippen LogP contribution in [0, 0.1) is 19.8 Å². The highest BCUT2D eigenvalue weighted by molar-refractivity contribution is 7.99. The minimum Gasteiger partial charge on any atom is -0.361 e. The van der Waals surface area contributed by atoms with E-state index in [2.05, 4.69) is 15.8 Å². The van der Waals surface area contributed by atoms with Crippen molar-refractivity contribution in [3.05, 3.63) is 17.0 Å². The number of nitrogens with one attached hydrogen (secondary N) is 2.